The smallest absolute Gasteiger partial charge is 0.124 e. The van der Waals surface area contributed by atoms with Crippen LogP contribution in [0.3, 0.4) is 0 Å². The number of hydrogen-bond acceptors (Lipinski definition) is 3. The molecule has 0 amide bonds. The molecule has 18 heavy (non-hydrogen) atoms. The molecule has 1 aromatic rings. The first-order valence-electron chi connectivity index (χ1n) is 6.21. The van der Waals surface area contributed by atoms with Crippen LogP contribution < -0.4 is 4.74 Å². The minimum absolute atomic E-state index is 0.227. The third-order valence-electron chi connectivity index (χ3n) is 2.63. The summed E-state index contributed by atoms with van der Waals surface area (Å²) >= 11 is 0. The average molecular weight is 256 g/mol. The minimum Gasteiger partial charge on any atom is -0.496 e. The van der Waals surface area contributed by atoms with Gasteiger partial charge in [-0.1, -0.05) is 13.3 Å². The molecule has 0 heterocycles. The largest absolute Gasteiger partial charge is 0.496 e. The summed E-state index contributed by atoms with van der Waals surface area (Å²) in [6, 6.07) is 4.39. The minimum atomic E-state index is -0.538. The van der Waals surface area contributed by atoms with E-state index in [1.54, 1.807) is 20.1 Å². The van der Waals surface area contributed by atoms with Crippen LogP contribution in [-0.2, 0) is 4.74 Å². The lowest BCUT2D eigenvalue weighted by Crippen LogP contribution is -2.15. The zero-order valence-electron chi connectivity index (χ0n) is 11.1. The normalized spacial score (nSPS) is 14.3. The molecule has 0 fully saturated rings. The van der Waals surface area contributed by atoms with Crippen LogP contribution in [0.1, 0.15) is 38.4 Å². The van der Waals surface area contributed by atoms with Gasteiger partial charge in [-0.05, 0) is 31.5 Å². The maximum absolute atomic E-state index is 13.3. The van der Waals surface area contributed by atoms with Crippen LogP contribution in [0.2, 0.25) is 0 Å². The van der Waals surface area contributed by atoms with E-state index in [4.69, 9.17) is 9.47 Å². The predicted molar refractivity (Wildman–Crippen MR) is 68.2 cm³/mol. The fraction of sp³-hybridized carbons (Fsp3) is 0.571. The Labute approximate surface area is 108 Å². The van der Waals surface area contributed by atoms with Crippen molar-refractivity contribution in [1.82, 2.24) is 0 Å². The Morgan fingerprint density at radius 2 is 2.11 bits per heavy atom. The number of ether oxygens (including phenoxy) is 2. The highest BCUT2D eigenvalue weighted by Crippen LogP contribution is 2.31. The molecule has 1 rings (SSSR count). The Balaban J connectivity index is 2.92. The fourth-order valence-electron chi connectivity index (χ4n) is 1.80. The van der Waals surface area contributed by atoms with Gasteiger partial charge in [-0.15, -0.1) is 0 Å². The number of rotatable bonds is 7. The van der Waals surface area contributed by atoms with E-state index in [0.717, 1.165) is 12.8 Å². The number of aliphatic hydroxyl groups excluding tert-OH is 1. The standard InChI is InChI=1S/C14H21FO3/c1-4-5-14(18-9-10(2)16)12-8-11(15)6-7-13(12)17-3/h6-8,10,14,16H,4-5,9H2,1-3H3/t10-,14+/m1/s1. The maximum atomic E-state index is 13.3. The molecule has 1 N–H and O–H groups in total. The molecule has 4 heteroatoms. The van der Waals surface area contributed by atoms with Crippen LogP contribution >= 0.6 is 0 Å². The molecule has 0 unspecified atom stereocenters. The number of methoxy groups -OCH3 is 1. The van der Waals surface area contributed by atoms with Crippen LogP contribution in [0.25, 0.3) is 0 Å². The fourth-order valence-corrected chi connectivity index (χ4v) is 1.80. The molecule has 0 spiro atoms. The monoisotopic (exact) mass is 256 g/mol. The van der Waals surface area contributed by atoms with E-state index in [1.165, 1.54) is 12.1 Å². The van der Waals surface area contributed by atoms with Crippen molar-refractivity contribution in [3.63, 3.8) is 0 Å². The molecular weight excluding hydrogens is 235 g/mol. The molecule has 0 saturated carbocycles. The van der Waals surface area contributed by atoms with E-state index in [-0.39, 0.29) is 18.5 Å². The topological polar surface area (TPSA) is 38.7 Å². The third kappa shape index (κ3) is 4.27. The van der Waals surface area contributed by atoms with E-state index >= 15 is 0 Å². The Morgan fingerprint density at radius 3 is 2.67 bits per heavy atom. The number of halogens is 1. The molecule has 0 saturated heterocycles. The van der Waals surface area contributed by atoms with E-state index in [2.05, 4.69) is 0 Å². The molecule has 0 aliphatic rings. The van der Waals surface area contributed by atoms with Gasteiger partial charge in [-0.25, -0.2) is 4.39 Å². The van der Waals surface area contributed by atoms with Gasteiger partial charge in [0.2, 0.25) is 0 Å². The van der Waals surface area contributed by atoms with Crippen molar-refractivity contribution in [2.24, 2.45) is 0 Å². The van der Waals surface area contributed by atoms with Crippen LogP contribution in [-0.4, -0.2) is 24.9 Å². The van der Waals surface area contributed by atoms with Crippen molar-refractivity contribution in [1.29, 1.82) is 0 Å². The Bertz CT molecular complexity index is 366. The Morgan fingerprint density at radius 1 is 1.39 bits per heavy atom. The lowest BCUT2D eigenvalue weighted by Gasteiger charge is -2.21. The van der Waals surface area contributed by atoms with Crippen molar-refractivity contribution in [3.05, 3.63) is 29.6 Å². The predicted octanol–water partition coefficient (Wildman–Crippen LogP) is 3.07. The second-order valence-corrected chi connectivity index (χ2v) is 4.35. The molecule has 102 valence electrons. The SMILES string of the molecule is CCC[C@H](OC[C@@H](C)O)c1cc(F)ccc1OC. The first-order chi connectivity index (χ1) is 8.58. The molecule has 0 aliphatic carbocycles. The number of benzene rings is 1. The molecule has 3 nitrogen and oxygen atoms in total. The second kappa shape index (κ2) is 7.34. The van der Waals surface area contributed by atoms with Gasteiger partial charge >= 0.3 is 0 Å². The van der Waals surface area contributed by atoms with Gasteiger partial charge in [0.25, 0.3) is 0 Å². The molecule has 0 aromatic heterocycles. The maximum Gasteiger partial charge on any atom is 0.124 e. The van der Waals surface area contributed by atoms with Crippen molar-refractivity contribution in [3.8, 4) is 5.75 Å². The first-order valence-corrected chi connectivity index (χ1v) is 6.21. The van der Waals surface area contributed by atoms with E-state index in [0.29, 0.717) is 11.3 Å². The lowest BCUT2D eigenvalue weighted by atomic mass is 10.0. The number of aliphatic hydroxyl groups is 1. The van der Waals surface area contributed by atoms with Gasteiger partial charge < -0.3 is 14.6 Å². The summed E-state index contributed by atoms with van der Waals surface area (Å²) in [4.78, 5) is 0. The molecule has 1 aromatic carbocycles. The van der Waals surface area contributed by atoms with Gasteiger partial charge in [-0.3, -0.25) is 0 Å². The zero-order chi connectivity index (χ0) is 13.5. The van der Waals surface area contributed by atoms with Crippen molar-refractivity contribution in [2.45, 2.75) is 38.9 Å². The summed E-state index contributed by atoms with van der Waals surface area (Å²) in [5.41, 5.74) is 0.694. The second-order valence-electron chi connectivity index (χ2n) is 4.35. The molecule has 0 bridgehead atoms. The third-order valence-corrected chi connectivity index (χ3v) is 2.63. The molecular formula is C14H21FO3. The van der Waals surface area contributed by atoms with E-state index in [9.17, 15) is 9.50 Å². The summed E-state index contributed by atoms with van der Waals surface area (Å²) < 4.78 is 24.2. The highest BCUT2D eigenvalue weighted by atomic mass is 19.1. The summed E-state index contributed by atoms with van der Waals surface area (Å²) in [5.74, 6) is 0.299. The van der Waals surface area contributed by atoms with Crippen molar-refractivity contribution in [2.75, 3.05) is 13.7 Å². The van der Waals surface area contributed by atoms with Crippen LogP contribution in [0.5, 0.6) is 5.75 Å². The molecule has 2 atom stereocenters. The Hall–Kier alpha value is -1.13. The number of hydrogen-bond donors (Lipinski definition) is 1. The van der Waals surface area contributed by atoms with Crippen molar-refractivity contribution >= 4 is 0 Å². The highest BCUT2D eigenvalue weighted by molar-refractivity contribution is 5.35. The van der Waals surface area contributed by atoms with Crippen LogP contribution in [0.15, 0.2) is 18.2 Å². The van der Waals surface area contributed by atoms with E-state index in [1.807, 2.05) is 6.92 Å². The van der Waals surface area contributed by atoms with E-state index < -0.39 is 6.10 Å². The van der Waals surface area contributed by atoms with Gasteiger partial charge in [0, 0.05) is 5.56 Å². The molecule has 0 aliphatic heterocycles. The summed E-state index contributed by atoms with van der Waals surface area (Å²) in [6.45, 7) is 3.92. The van der Waals surface area contributed by atoms with Gasteiger partial charge in [0.15, 0.2) is 0 Å². The van der Waals surface area contributed by atoms with Gasteiger partial charge in [0.05, 0.1) is 25.9 Å². The first kappa shape index (κ1) is 14.9. The van der Waals surface area contributed by atoms with Gasteiger partial charge in [0.1, 0.15) is 11.6 Å². The highest BCUT2D eigenvalue weighted by Gasteiger charge is 2.17. The Kier molecular flexibility index (Phi) is 6.09. The summed E-state index contributed by atoms with van der Waals surface area (Å²) in [6.07, 6.45) is 0.871. The lowest BCUT2D eigenvalue weighted by molar-refractivity contribution is -0.00884. The van der Waals surface area contributed by atoms with Crippen molar-refractivity contribution < 1.29 is 19.0 Å². The van der Waals surface area contributed by atoms with Crippen LogP contribution in [0.4, 0.5) is 4.39 Å². The average Bonchev–Trinajstić information content (AvgIpc) is 2.34. The quantitative estimate of drug-likeness (QED) is 0.814. The zero-order valence-corrected chi connectivity index (χ0v) is 11.1. The molecule has 0 radical (unpaired) electrons. The summed E-state index contributed by atoms with van der Waals surface area (Å²) in [7, 11) is 1.55. The summed E-state index contributed by atoms with van der Waals surface area (Å²) in [5, 5.41) is 9.27. The van der Waals surface area contributed by atoms with Crippen LogP contribution in [0, 0.1) is 5.82 Å². The van der Waals surface area contributed by atoms with Gasteiger partial charge in [-0.2, -0.15) is 0 Å².